The van der Waals surface area contributed by atoms with Crippen LogP contribution in [0.15, 0.2) is 48.8 Å². The van der Waals surface area contributed by atoms with E-state index in [0.717, 1.165) is 30.5 Å². The lowest BCUT2D eigenvalue weighted by Gasteiger charge is -2.33. The van der Waals surface area contributed by atoms with Gasteiger partial charge >= 0.3 is 12.4 Å². The van der Waals surface area contributed by atoms with Crippen LogP contribution in [0.25, 0.3) is 0 Å². The van der Waals surface area contributed by atoms with E-state index in [4.69, 9.17) is 0 Å². The summed E-state index contributed by atoms with van der Waals surface area (Å²) in [6.45, 7) is 0. The van der Waals surface area contributed by atoms with E-state index in [0.29, 0.717) is 18.3 Å². The summed E-state index contributed by atoms with van der Waals surface area (Å²) in [6, 6.07) is 5.01. The van der Waals surface area contributed by atoms with Crippen molar-refractivity contribution in [2.24, 2.45) is 0 Å². The lowest BCUT2D eigenvalue weighted by Crippen LogP contribution is -2.44. The van der Waals surface area contributed by atoms with Crippen molar-refractivity contribution < 1.29 is 31.4 Å². The van der Waals surface area contributed by atoms with Crippen molar-refractivity contribution in [2.45, 2.75) is 18.0 Å². The highest BCUT2D eigenvalue weighted by molar-refractivity contribution is 5.43. The molecule has 0 saturated carbocycles. The summed E-state index contributed by atoms with van der Waals surface area (Å²) in [7, 11) is 0. The monoisotopic (exact) mass is 321 g/mol. The molecule has 2 aromatic rings. The van der Waals surface area contributed by atoms with Crippen LogP contribution in [0.3, 0.4) is 0 Å². The standard InChI is InChI=1S/C14H9F6NO/c15-13(16,17)11-6-2-1-5-10(11)12(22,14(18,19)20)9-4-3-7-21-8-9/h1-8,22H. The summed E-state index contributed by atoms with van der Waals surface area (Å²) in [5, 5.41) is 10.2. The molecule has 0 aliphatic carbocycles. The van der Waals surface area contributed by atoms with Gasteiger partial charge in [0.05, 0.1) is 5.56 Å². The molecule has 2 nitrogen and oxygen atoms in total. The number of nitrogens with zero attached hydrogens (tertiary/aromatic N) is 1. The lowest BCUT2D eigenvalue weighted by atomic mass is 9.83. The molecule has 0 fully saturated rings. The molecule has 0 aliphatic heterocycles. The van der Waals surface area contributed by atoms with Crippen LogP contribution in [0.5, 0.6) is 0 Å². The van der Waals surface area contributed by atoms with Gasteiger partial charge in [0.2, 0.25) is 5.60 Å². The van der Waals surface area contributed by atoms with Crippen LogP contribution in [0.2, 0.25) is 0 Å². The van der Waals surface area contributed by atoms with Gasteiger partial charge in [0.1, 0.15) is 0 Å². The number of aromatic nitrogens is 1. The quantitative estimate of drug-likeness (QED) is 0.851. The van der Waals surface area contributed by atoms with Crippen molar-refractivity contribution in [3.8, 4) is 0 Å². The molecule has 0 aliphatic rings. The minimum absolute atomic E-state index is 0.489. The highest BCUT2D eigenvalue weighted by Gasteiger charge is 2.58. The van der Waals surface area contributed by atoms with Gasteiger partial charge in [-0.1, -0.05) is 24.3 Å². The molecular weight excluding hydrogens is 312 g/mol. The largest absolute Gasteiger partial charge is 0.425 e. The molecule has 1 atom stereocenters. The molecule has 8 heteroatoms. The average Bonchev–Trinajstić information content (AvgIpc) is 2.45. The number of halogens is 6. The van der Waals surface area contributed by atoms with Gasteiger partial charge in [-0.15, -0.1) is 0 Å². The zero-order valence-electron chi connectivity index (χ0n) is 10.8. The second-order valence-electron chi connectivity index (χ2n) is 4.49. The van der Waals surface area contributed by atoms with Crippen molar-refractivity contribution in [2.75, 3.05) is 0 Å². The molecule has 1 unspecified atom stereocenters. The van der Waals surface area contributed by atoms with Gasteiger partial charge < -0.3 is 5.11 Å². The molecular formula is C14H9F6NO. The fourth-order valence-electron chi connectivity index (χ4n) is 2.09. The third kappa shape index (κ3) is 2.66. The Hall–Kier alpha value is -2.09. The third-order valence-corrected chi connectivity index (χ3v) is 3.11. The van der Waals surface area contributed by atoms with E-state index in [1.54, 1.807) is 0 Å². The molecule has 0 saturated heterocycles. The molecule has 0 amide bonds. The number of alkyl halides is 6. The average molecular weight is 321 g/mol. The Morgan fingerprint density at radius 3 is 1.86 bits per heavy atom. The maximum absolute atomic E-state index is 13.4. The van der Waals surface area contributed by atoms with E-state index >= 15 is 0 Å². The predicted molar refractivity (Wildman–Crippen MR) is 64.7 cm³/mol. The first kappa shape index (κ1) is 16.3. The Balaban J connectivity index is 2.79. The maximum Gasteiger partial charge on any atom is 0.425 e. The first-order chi connectivity index (χ1) is 10.1. The van der Waals surface area contributed by atoms with Crippen LogP contribution < -0.4 is 0 Å². The van der Waals surface area contributed by atoms with Crippen molar-refractivity contribution in [3.63, 3.8) is 0 Å². The second kappa shape index (κ2) is 5.28. The highest BCUT2D eigenvalue weighted by atomic mass is 19.4. The lowest BCUT2D eigenvalue weighted by molar-refractivity contribution is -0.250. The molecule has 1 aromatic heterocycles. The first-order valence-electron chi connectivity index (χ1n) is 5.95. The van der Waals surface area contributed by atoms with E-state index < -0.39 is 34.6 Å². The molecule has 0 spiro atoms. The molecule has 0 bridgehead atoms. The normalized spacial score (nSPS) is 15.4. The van der Waals surface area contributed by atoms with Crippen LogP contribution in [0.4, 0.5) is 26.3 Å². The van der Waals surface area contributed by atoms with Gasteiger partial charge in [0.15, 0.2) is 0 Å². The van der Waals surface area contributed by atoms with Gasteiger partial charge in [0, 0.05) is 23.5 Å². The van der Waals surface area contributed by atoms with Crippen LogP contribution in [0.1, 0.15) is 16.7 Å². The van der Waals surface area contributed by atoms with E-state index in [9.17, 15) is 31.4 Å². The summed E-state index contributed by atoms with van der Waals surface area (Å²) in [5.74, 6) is 0. The Labute approximate surface area is 121 Å². The summed E-state index contributed by atoms with van der Waals surface area (Å²) in [6.07, 6.45) is -8.58. The minimum Gasteiger partial charge on any atom is -0.372 e. The van der Waals surface area contributed by atoms with Gasteiger partial charge in [-0.05, 0) is 12.1 Å². The minimum atomic E-state index is -5.36. The van der Waals surface area contributed by atoms with Gasteiger partial charge in [-0.3, -0.25) is 4.98 Å². The fourth-order valence-corrected chi connectivity index (χ4v) is 2.09. The number of benzene rings is 1. The van der Waals surface area contributed by atoms with Gasteiger partial charge in [-0.25, -0.2) is 0 Å². The van der Waals surface area contributed by atoms with E-state index in [1.165, 1.54) is 0 Å². The van der Waals surface area contributed by atoms with Crippen molar-refractivity contribution in [3.05, 3.63) is 65.5 Å². The van der Waals surface area contributed by atoms with Gasteiger partial charge in [-0.2, -0.15) is 26.3 Å². The predicted octanol–water partition coefficient (Wildman–Crippen LogP) is 3.90. The summed E-state index contributed by atoms with van der Waals surface area (Å²) in [4.78, 5) is 3.44. The maximum atomic E-state index is 13.4. The molecule has 0 radical (unpaired) electrons. The SMILES string of the molecule is OC(c1cccnc1)(c1ccccc1C(F)(F)F)C(F)(F)F. The summed E-state index contributed by atoms with van der Waals surface area (Å²) >= 11 is 0. The van der Waals surface area contributed by atoms with Crippen molar-refractivity contribution in [1.29, 1.82) is 0 Å². The highest BCUT2D eigenvalue weighted by Crippen LogP contribution is 2.47. The smallest absolute Gasteiger partial charge is 0.372 e. The van der Waals surface area contributed by atoms with Crippen LogP contribution in [0, 0.1) is 0 Å². The van der Waals surface area contributed by atoms with E-state index in [-0.39, 0.29) is 0 Å². The van der Waals surface area contributed by atoms with Crippen molar-refractivity contribution >= 4 is 0 Å². The zero-order valence-corrected chi connectivity index (χ0v) is 10.8. The van der Waals surface area contributed by atoms with Crippen molar-refractivity contribution in [1.82, 2.24) is 4.98 Å². The molecule has 1 aromatic carbocycles. The van der Waals surface area contributed by atoms with Crippen LogP contribution in [-0.2, 0) is 11.8 Å². The Kier molecular flexibility index (Phi) is 3.90. The number of hydrogen-bond donors (Lipinski definition) is 1. The van der Waals surface area contributed by atoms with Crippen LogP contribution in [-0.4, -0.2) is 16.3 Å². The zero-order chi connectivity index (χ0) is 16.6. The molecule has 1 N–H and O–H groups in total. The van der Waals surface area contributed by atoms with Gasteiger partial charge in [0.25, 0.3) is 0 Å². The number of aliphatic hydroxyl groups is 1. The Morgan fingerprint density at radius 1 is 0.818 bits per heavy atom. The molecule has 22 heavy (non-hydrogen) atoms. The first-order valence-corrected chi connectivity index (χ1v) is 5.95. The summed E-state index contributed by atoms with van der Waals surface area (Å²) < 4.78 is 79.2. The van der Waals surface area contributed by atoms with Crippen LogP contribution >= 0.6 is 0 Å². The second-order valence-corrected chi connectivity index (χ2v) is 4.49. The molecule has 118 valence electrons. The third-order valence-electron chi connectivity index (χ3n) is 3.11. The van der Waals surface area contributed by atoms with E-state index in [1.807, 2.05) is 0 Å². The number of hydrogen-bond acceptors (Lipinski definition) is 2. The summed E-state index contributed by atoms with van der Waals surface area (Å²) in [5.41, 5.74) is -7.45. The fraction of sp³-hybridized carbons (Fsp3) is 0.214. The Bertz CT molecular complexity index is 652. The molecule has 1 heterocycles. The topological polar surface area (TPSA) is 33.1 Å². The molecule has 2 rings (SSSR count). The number of rotatable bonds is 2. The Morgan fingerprint density at radius 2 is 1.41 bits per heavy atom. The number of pyridine rings is 1. The van der Waals surface area contributed by atoms with E-state index in [2.05, 4.69) is 4.98 Å².